The van der Waals surface area contributed by atoms with Gasteiger partial charge in [0.15, 0.2) is 0 Å². The maximum absolute atomic E-state index is 13.4. The number of carbonyl (C=O) groups is 2. The molecule has 0 saturated heterocycles. The summed E-state index contributed by atoms with van der Waals surface area (Å²) >= 11 is 0. The van der Waals surface area contributed by atoms with Crippen molar-refractivity contribution in [3.8, 4) is 0 Å². The van der Waals surface area contributed by atoms with E-state index in [0.29, 0.717) is 35.8 Å². The first-order chi connectivity index (χ1) is 15.9. The van der Waals surface area contributed by atoms with Crippen LogP contribution in [-0.4, -0.2) is 33.0 Å². The van der Waals surface area contributed by atoms with Gasteiger partial charge in [0.1, 0.15) is 11.5 Å². The number of hydrogen-bond acceptors (Lipinski definition) is 5. The zero-order valence-electron chi connectivity index (χ0n) is 18.5. The van der Waals surface area contributed by atoms with Crippen LogP contribution >= 0.6 is 0 Å². The number of halogens is 1. The number of hydrogen-bond donors (Lipinski definition) is 2. The Hall–Kier alpha value is -3.59. The van der Waals surface area contributed by atoms with Gasteiger partial charge in [-0.25, -0.2) is 4.39 Å². The Morgan fingerprint density at radius 2 is 1.97 bits per heavy atom. The number of aromatic nitrogens is 3. The van der Waals surface area contributed by atoms with Crippen molar-refractivity contribution in [3.63, 3.8) is 0 Å². The van der Waals surface area contributed by atoms with Crippen molar-refractivity contribution in [1.29, 1.82) is 0 Å². The van der Waals surface area contributed by atoms with Crippen LogP contribution in [0.1, 0.15) is 57.7 Å². The van der Waals surface area contributed by atoms with Gasteiger partial charge >= 0.3 is 0 Å². The number of amides is 2. The van der Waals surface area contributed by atoms with Gasteiger partial charge in [-0.1, -0.05) is 26.0 Å². The smallest absolute Gasteiger partial charge is 0.268 e. The van der Waals surface area contributed by atoms with Crippen LogP contribution in [0.2, 0.25) is 0 Å². The highest BCUT2D eigenvalue weighted by molar-refractivity contribution is 6.00. The third-order valence-corrected chi connectivity index (χ3v) is 5.61. The minimum atomic E-state index is -0.328. The highest BCUT2D eigenvalue weighted by Crippen LogP contribution is 2.25. The minimum absolute atomic E-state index is 0.0771. The molecule has 172 valence electrons. The summed E-state index contributed by atoms with van der Waals surface area (Å²) in [5.41, 5.74) is 2.89. The largest absolute Gasteiger partial charge is 0.373 e. The van der Waals surface area contributed by atoms with Crippen LogP contribution in [0.4, 0.5) is 4.39 Å². The lowest BCUT2D eigenvalue weighted by Crippen LogP contribution is -2.34. The van der Waals surface area contributed by atoms with Gasteiger partial charge in [-0.05, 0) is 29.7 Å². The van der Waals surface area contributed by atoms with Crippen molar-refractivity contribution in [2.24, 2.45) is 5.92 Å². The van der Waals surface area contributed by atoms with Gasteiger partial charge in [-0.2, -0.15) is 0 Å². The summed E-state index contributed by atoms with van der Waals surface area (Å²) < 4.78 is 20.8. The molecule has 1 unspecified atom stereocenters. The number of rotatable bonds is 7. The van der Waals surface area contributed by atoms with E-state index >= 15 is 0 Å². The summed E-state index contributed by atoms with van der Waals surface area (Å²) in [5.74, 6) is -0.860. The number of nitrogens with one attached hydrogen (secondary N) is 2. The summed E-state index contributed by atoms with van der Waals surface area (Å²) in [6.45, 7) is 5.36. The van der Waals surface area contributed by atoms with Gasteiger partial charge in [-0.3, -0.25) is 19.6 Å². The molecule has 33 heavy (non-hydrogen) atoms. The second kappa shape index (κ2) is 9.91. The van der Waals surface area contributed by atoms with Gasteiger partial charge in [0, 0.05) is 18.9 Å². The van der Waals surface area contributed by atoms with Crippen LogP contribution in [0.15, 0.2) is 48.9 Å². The normalized spacial score (nSPS) is 13.9. The lowest BCUT2D eigenvalue weighted by atomic mass is 9.96. The molecular weight excluding hydrogens is 425 g/mol. The van der Waals surface area contributed by atoms with Crippen LogP contribution in [0.25, 0.3) is 0 Å². The van der Waals surface area contributed by atoms with E-state index in [4.69, 9.17) is 4.74 Å². The van der Waals surface area contributed by atoms with Crippen LogP contribution < -0.4 is 10.6 Å². The molecule has 2 aromatic heterocycles. The summed E-state index contributed by atoms with van der Waals surface area (Å²) in [4.78, 5) is 34.4. The topological polar surface area (TPSA) is 98.1 Å². The van der Waals surface area contributed by atoms with Gasteiger partial charge in [0.05, 0.1) is 48.9 Å². The standard InChI is InChI=1S/C24H26FN5O3/c1-15(2)22(16-3-5-17(25)6-4-16)29-24(32)20-11-19(21-14-33-10-9-30(20)21)23(31)28-13-18-12-26-7-8-27-18/h3-8,11-12,15,22H,9-10,13-14H2,1-2H3,(H,28,31)(H,29,32). The maximum Gasteiger partial charge on any atom is 0.268 e. The molecule has 1 aliphatic rings. The third kappa shape index (κ3) is 5.09. The van der Waals surface area contributed by atoms with Crippen molar-refractivity contribution in [1.82, 2.24) is 25.2 Å². The fraction of sp³-hybridized carbons (Fsp3) is 0.333. The fourth-order valence-electron chi connectivity index (χ4n) is 3.92. The molecule has 3 aromatic rings. The van der Waals surface area contributed by atoms with E-state index in [1.54, 1.807) is 36.8 Å². The summed E-state index contributed by atoms with van der Waals surface area (Å²) in [6, 6.07) is 7.41. The van der Waals surface area contributed by atoms with Gasteiger partial charge in [0.25, 0.3) is 11.8 Å². The Morgan fingerprint density at radius 1 is 1.18 bits per heavy atom. The van der Waals surface area contributed by atoms with Crippen molar-refractivity contribution >= 4 is 11.8 Å². The minimum Gasteiger partial charge on any atom is -0.373 e. The highest BCUT2D eigenvalue weighted by atomic mass is 19.1. The molecule has 8 nitrogen and oxygen atoms in total. The average molecular weight is 452 g/mol. The van der Waals surface area contributed by atoms with Crippen LogP contribution in [-0.2, 0) is 24.4 Å². The summed E-state index contributed by atoms with van der Waals surface area (Å²) in [7, 11) is 0. The number of nitrogens with zero attached hydrogens (tertiary/aromatic N) is 3. The first kappa shape index (κ1) is 22.6. The van der Waals surface area contributed by atoms with Crippen molar-refractivity contribution < 1.29 is 18.7 Å². The summed E-state index contributed by atoms with van der Waals surface area (Å²) in [5, 5.41) is 5.89. The van der Waals surface area contributed by atoms with E-state index in [9.17, 15) is 14.0 Å². The second-order valence-electron chi connectivity index (χ2n) is 8.22. The quantitative estimate of drug-likeness (QED) is 0.576. The molecule has 0 fully saturated rings. The Kier molecular flexibility index (Phi) is 6.79. The molecule has 0 radical (unpaired) electrons. The van der Waals surface area contributed by atoms with Crippen molar-refractivity contribution in [3.05, 3.63) is 82.9 Å². The van der Waals surface area contributed by atoms with Gasteiger partial charge in [0.2, 0.25) is 0 Å². The predicted molar refractivity (Wildman–Crippen MR) is 119 cm³/mol. The van der Waals surface area contributed by atoms with Crippen LogP contribution in [0.5, 0.6) is 0 Å². The van der Waals surface area contributed by atoms with E-state index in [0.717, 1.165) is 5.56 Å². The molecule has 0 aliphatic carbocycles. The van der Waals surface area contributed by atoms with E-state index in [2.05, 4.69) is 20.6 Å². The molecule has 4 rings (SSSR count). The second-order valence-corrected chi connectivity index (χ2v) is 8.22. The predicted octanol–water partition coefficient (Wildman–Crippen LogP) is 3.00. The molecule has 2 amide bonds. The van der Waals surface area contributed by atoms with Gasteiger partial charge < -0.3 is 19.9 Å². The number of carbonyl (C=O) groups excluding carboxylic acids is 2. The maximum atomic E-state index is 13.4. The Balaban J connectivity index is 1.56. The van der Waals surface area contributed by atoms with Crippen LogP contribution in [0.3, 0.4) is 0 Å². The molecule has 1 aromatic carbocycles. The Labute approximate surface area is 191 Å². The molecule has 3 heterocycles. The number of benzene rings is 1. The fourth-order valence-corrected chi connectivity index (χ4v) is 3.92. The number of ether oxygens (including phenoxy) is 1. The average Bonchev–Trinajstić information content (AvgIpc) is 3.22. The molecule has 0 bridgehead atoms. The molecule has 9 heteroatoms. The van der Waals surface area contributed by atoms with Crippen LogP contribution in [0, 0.1) is 11.7 Å². The molecular formula is C24H26FN5O3. The zero-order chi connectivity index (χ0) is 23.4. The van der Waals surface area contributed by atoms with E-state index in [1.807, 2.05) is 18.4 Å². The Bertz CT molecular complexity index is 1130. The lowest BCUT2D eigenvalue weighted by molar-refractivity contribution is 0.0773. The highest BCUT2D eigenvalue weighted by Gasteiger charge is 2.28. The molecule has 1 atom stereocenters. The van der Waals surface area contributed by atoms with Gasteiger partial charge in [-0.15, -0.1) is 0 Å². The Morgan fingerprint density at radius 3 is 2.67 bits per heavy atom. The monoisotopic (exact) mass is 451 g/mol. The lowest BCUT2D eigenvalue weighted by Gasteiger charge is -2.24. The SMILES string of the molecule is CC(C)C(NC(=O)c1cc(C(=O)NCc2cnccn2)c2n1CCOC2)c1ccc(F)cc1. The van der Waals surface area contributed by atoms with Crippen molar-refractivity contribution in [2.75, 3.05) is 6.61 Å². The molecule has 0 spiro atoms. The first-order valence-electron chi connectivity index (χ1n) is 10.8. The number of fused-ring (bicyclic) bond motifs is 1. The first-order valence-corrected chi connectivity index (χ1v) is 10.8. The molecule has 1 aliphatic heterocycles. The molecule has 0 saturated carbocycles. The third-order valence-electron chi connectivity index (χ3n) is 5.61. The molecule has 2 N–H and O–H groups in total. The summed E-state index contributed by atoms with van der Waals surface area (Å²) in [6.07, 6.45) is 4.71. The van der Waals surface area contributed by atoms with Crippen molar-refractivity contribution in [2.45, 2.75) is 39.6 Å². The zero-order valence-corrected chi connectivity index (χ0v) is 18.5. The van der Waals surface area contributed by atoms with E-state index in [-0.39, 0.29) is 42.7 Å². The van der Waals surface area contributed by atoms with E-state index < -0.39 is 0 Å². The van der Waals surface area contributed by atoms with E-state index in [1.165, 1.54) is 12.1 Å².